The summed E-state index contributed by atoms with van der Waals surface area (Å²) in [4.78, 5) is 14.0. The summed E-state index contributed by atoms with van der Waals surface area (Å²) in [5.74, 6) is 0.192. The summed E-state index contributed by atoms with van der Waals surface area (Å²) in [6.07, 6.45) is 0.885. The number of halogens is 2. The van der Waals surface area contributed by atoms with Crippen LogP contribution in [-0.4, -0.2) is 45.1 Å². The van der Waals surface area contributed by atoms with Crippen molar-refractivity contribution in [1.29, 1.82) is 0 Å². The molecule has 0 heterocycles. The third kappa shape index (κ3) is 4.90. The number of ether oxygens (including phenoxy) is 1. The molecule has 1 aromatic rings. The summed E-state index contributed by atoms with van der Waals surface area (Å²) >= 11 is 12.0. The fourth-order valence-corrected chi connectivity index (χ4v) is 2.23. The quantitative estimate of drug-likeness (QED) is 0.822. The molecule has 0 radical (unpaired) electrons. The van der Waals surface area contributed by atoms with E-state index in [1.54, 1.807) is 12.1 Å². The van der Waals surface area contributed by atoms with Crippen LogP contribution in [0.3, 0.4) is 0 Å². The molecule has 0 fully saturated rings. The monoisotopic (exact) mass is 304 g/mol. The van der Waals surface area contributed by atoms with Gasteiger partial charge in [0, 0.05) is 12.1 Å². The maximum atomic E-state index is 11.9. The van der Waals surface area contributed by atoms with Crippen LogP contribution in [0.2, 0.25) is 10.0 Å². The van der Waals surface area contributed by atoms with Crippen LogP contribution in [0.4, 0.5) is 0 Å². The summed E-state index contributed by atoms with van der Waals surface area (Å²) in [6.45, 7) is 1.53. The number of carbonyl (C=O) groups excluding carboxylic acids is 1. The first kappa shape index (κ1) is 16.1. The molecular formula is C13H18Cl2N2O2. The highest BCUT2D eigenvalue weighted by atomic mass is 35.5. The van der Waals surface area contributed by atoms with E-state index in [4.69, 9.17) is 27.9 Å². The van der Waals surface area contributed by atoms with Gasteiger partial charge in [0.25, 0.3) is 5.91 Å². The molecule has 6 heteroatoms. The normalized spacial score (nSPS) is 10.6. The van der Waals surface area contributed by atoms with E-state index < -0.39 is 0 Å². The van der Waals surface area contributed by atoms with Gasteiger partial charge < -0.3 is 15.0 Å². The molecule has 0 saturated heterocycles. The van der Waals surface area contributed by atoms with E-state index in [2.05, 4.69) is 10.2 Å². The summed E-state index contributed by atoms with van der Waals surface area (Å²) in [5.41, 5.74) is 0.431. The summed E-state index contributed by atoms with van der Waals surface area (Å²) in [7, 11) is 5.46. The lowest BCUT2D eigenvalue weighted by molar-refractivity contribution is 0.0952. The largest absolute Gasteiger partial charge is 0.494 e. The smallest absolute Gasteiger partial charge is 0.251 e. The number of nitrogens with one attached hydrogen (secondary N) is 1. The summed E-state index contributed by atoms with van der Waals surface area (Å²) in [5, 5.41) is 3.48. The SMILES string of the molecule is COc1c(Cl)cc(C(=O)NCCCN(C)C)cc1Cl. The van der Waals surface area contributed by atoms with Crippen LogP contribution in [0, 0.1) is 0 Å². The molecule has 106 valence electrons. The van der Waals surface area contributed by atoms with Gasteiger partial charge in [-0.2, -0.15) is 0 Å². The van der Waals surface area contributed by atoms with Crippen molar-refractivity contribution in [2.45, 2.75) is 6.42 Å². The number of hydrogen-bond acceptors (Lipinski definition) is 3. The molecule has 4 nitrogen and oxygen atoms in total. The molecule has 0 saturated carbocycles. The average Bonchev–Trinajstić information content (AvgIpc) is 2.33. The zero-order valence-corrected chi connectivity index (χ0v) is 12.8. The third-order valence-electron chi connectivity index (χ3n) is 2.53. The minimum Gasteiger partial charge on any atom is -0.494 e. The van der Waals surface area contributed by atoms with Gasteiger partial charge in [0.2, 0.25) is 0 Å². The first-order valence-electron chi connectivity index (χ1n) is 5.91. The van der Waals surface area contributed by atoms with Crippen LogP contribution in [-0.2, 0) is 0 Å². The first-order valence-corrected chi connectivity index (χ1v) is 6.67. The van der Waals surface area contributed by atoms with E-state index in [-0.39, 0.29) is 5.91 Å². The Labute approximate surface area is 123 Å². The van der Waals surface area contributed by atoms with Gasteiger partial charge in [-0.05, 0) is 39.2 Å². The first-order chi connectivity index (χ1) is 8.95. The van der Waals surface area contributed by atoms with Gasteiger partial charge in [0.15, 0.2) is 5.75 Å². The van der Waals surface area contributed by atoms with Crippen molar-refractivity contribution in [3.8, 4) is 5.75 Å². The van der Waals surface area contributed by atoms with E-state index in [0.29, 0.717) is 27.9 Å². The van der Waals surface area contributed by atoms with Crippen molar-refractivity contribution in [1.82, 2.24) is 10.2 Å². The molecule has 0 spiro atoms. The molecule has 19 heavy (non-hydrogen) atoms. The summed E-state index contributed by atoms with van der Waals surface area (Å²) < 4.78 is 5.03. The maximum absolute atomic E-state index is 11.9. The lowest BCUT2D eigenvalue weighted by atomic mass is 10.2. The topological polar surface area (TPSA) is 41.6 Å². The Morgan fingerprint density at radius 1 is 1.32 bits per heavy atom. The number of nitrogens with zero attached hydrogens (tertiary/aromatic N) is 1. The van der Waals surface area contributed by atoms with Gasteiger partial charge in [-0.25, -0.2) is 0 Å². The zero-order chi connectivity index (χ0) is 14.4. The molecular weight excluding hydrogens is 287 g/mol. The Balaban J connectivity index is 2.63. The van der Waals surface area contributed by atoms with Gasteiger partial charge in [0.1, 0.15) is 0 Å². The maximum Gasteiger partial charge on any atom is 0.251 e. The second-order valence-corrected chi connectivity index (χ2v) is 5.20. The van der Waals surface area contributed by atoms with Crippen molar-refractivity contribution >= 4 is 29.1 Å². The van der Waals surface area contributed by atoms with Crippen molar-refractivity contribution in [2.24, 2.45) is 0 Å². The van der Waals surface area contributed by atoms with Crippen LogP contribution >= 0.6 is 23.2 Å². The number of carbonyl (C=O) groups is 1. The molecule has 0 atom stereocenters. The lowest BCUT2D eigenvalue weighted by Crippen LogP contribution is -2.27. The van der Waals surface area contributed by atoms with Crippen LogP contribution in [0.1, 0.15) is 16.8 Å². The number of rotatable bonds is 6. The standard InChI is InChI=1S/C13H18Cl2N2O2/c1-17(2)6-4-5-16-13(18)9-7-10(14)12(19-3)11(15)8-9/h7-8H,4-6H2,1-3H3,(H,16,18). The molecule has 0 aliphatic rings. The molecule has 1 amide bonds. The molecule has 0 aliphatic carbocycles. The van der Waals surface area contributed by atoms with E-state index >= 15 is 0 Å². The Kier molecular flexibility index (Phi) is 6.42. The fourth-order valence-electron chi connectivity index (χ4n) is 1.59. The highest BCUT2D eigenvalue weighted by Crippen LogP contribution is 2.33. The Morgan fingerprint density at radius 3 is 2.37 bits per heavy atom. The highest BCUT2D eigenvalue weighted by molar-refractivity contribution is 6.37. The number of benzene rings is 1. The number of methoxy groups -OCH3 is 1. The lowest BCUT2D eigenvalue weighted by Gasteiger charge is -2.11. The van der Waals surface area contributed by atoms with E-state index in [9.17, 15) is 4.79 Å². The number of amides is 1. The second kappa shape index (κ2) is 7.58. The molecule has 0 bridgehead atoms. The molecule has 1 rings (SSSR count). The number of hydrogen-bond donors (Lipinski definition) is 1. The van der Waals surface area contributed by atoms with Crippen molar-refractivity contribution in [3.05, 3.63) is 27.7 Å². The Morgan fingerprint density at radius 2 is 1.89 bits per heavy atom. The van der Waals surface area contributed by atoms with Crippen molar-refractivity contribution in [3.63, 3.8) is 0 Å². The Hall–Kier alpha value is -0.970. The second-order valence-electron chi connectivity index (χ2n) is 4.39. The van der Waals surface area contributed by atoms with Gasteiger partial charge >= 0.3 is 0 Å². The Bertz CT molecular complexity index is 427. The summed E-state index contributed by atoms with van der Waals surface area (Å²) in [6, 6.07) is 3.10. The van der Waals surface area contributed by atoms with Crippen molar-refractivity contribution < 1.29 is 9.53 Å². The van der Waals surface area contributed by atoms with E-state index in [1.165, 1.54) is 7.11 Å². The average molecular weight is 305 g/mol. The minimum absolute atomic E-state index is 0.190. The van der Waals surface area contributed by atoms with Gasteiger partial charge in [-0.1, -0.05) is 23.2 Å². The molecule has 1 aromatic carbocycles. The van der Waals surface area contributed by atoms with E-state index in [0.717, 1.165) is 13.0 Å². The van der Waals surface area contributed by atoms with Crippen LogP contribution in [0.25, 0.3) is 0 Å². The third-order valence-corrected chi connectivity index (χ3v) is 3.09. The fraction of sp³-hybridized carbons (Fsp3) is 0.462. The molecule has 0 aromatic heterocycles. The van der Waals surface area contributed by atoms with E-state index in [1.807, 2.05) is 14.1 Å². The van der Waals surface area contributed by atoms with Crippen LogP contribution < -0.4 is 10.1 Å². The predicted octanol–water partition coefficient (Wildman–Crippen LogP) is 2.68. The molecule has 0 unspecified atom stereocenters. The molecule has 1 N–H and O–H groups in total. The van der Waals surface area contributed by atoms with Gasteiger partial charge in [-0.3, -0.25) is 4.79 Å². The van der Waals surface area contributed by atoms with Gasteiger partial charge in [-0.15, -0.1) is 0 Å². The van der Waals surface area contributed by atoms with Gasteiger partial charge in [0.05, 0.1) is 17.2 Å². The van der Waals surface area contributed by atoms with Crippen LogP contribution in [0.5, 0.6) is 5.75 Å². The minimum atomic E-state index is -0.190. The highest BCUT2D eigenvalue weighted by Gasteiger charge is 2.13. The van der Waals surface area contributed by atoms with Crippen molar-refractivity contribution in [2.75, 3.05) is 34.3 Å². The predicted molar refractivity (Wildman–Crippen MR) is 78.5 cm³/mol. The zero-order valence-electron chi connectivity index (χ0n) is 11.3. The van der Waals surface area contributed by atoms with Crippen LogP contribution in [0.15, 0.2) is 12.1 Å². The molecule has 0 aliphatic heterocycles.